The summed E-state index contributed by atoms with van der Waals surface area (Å²) in [5.41, 5.74) is 3.49. The lowest BCUT2D eigenvalue weighted by Gasteiger charge is -2.12. The number of aryl methyl sites for hydroxylation is 1. The largest absolute Gasteiger partial charge is 0.478 e. The number of hydrogen-bond donors (Lipinski definition) is 1. The Labute approximate surface area is 185 Å². The number of aromatic nitrogens is 4. The summed E-state index contributed by atoms with van der Waals surface area (Å²) in [6, 6.07) is 6.69. The summed E-state index contributed by atoms with van der Waals surface area (Å²) >= 11 is 0. The van der Waals surface area contributed by atoms with E-state index in [9.17, 15) is 4.79 Å². The highest BCUT2D eigenvalue weighted by molar-refractivity contribution is 6.05. The number of benzene rings is 1. The second-order valence-electron chi connectivity index (χ2n) is 8.60. The Morgan fingerprint density at radius 2 is 2.03 bits per heavy atom. The van der Waals surface area contributed by atoms with Gasteiger partial charge in [-0.15, -0.1) is 0 Å². The predicted molar refractivity (Wildman–Crippen MR) is 125 cm³/mol. The maximum absolute atomic E-state index is 15.1. The number of H-pyrrole nitrogens is 1. The van der Waals surface area contributed by atoms with Crippen LogP contribution in [0.2, 0.25) is 0 Å². The third kappa shape index (κ3) is 4.10. The van der Waals surface area contributed by atoms with Gasteiger partial charge in [-0.3, -0.25) is 9.55 Å². The number of aromatic amines is 1. The first kappa shape index (κ1) is 22.0. The summed E-state index contributed by atoms with van der Waals surface area (Å²) in [5, 5.41) is 0.697. The van der Waals surface area contributed by atoms with Crippen LogP contribution in [-0.4, -0.2) is 51.7 Å². The summed E-state index contributed by atoms with van der Waals surface area (Å²) in [4.78, 5) is 26.4. The van der Waals surface area contributed by atoms with Gasteiger partial charge in [-0.2, -0.15) is 0 Å². The SMILES string of the molecule is CC(C)c1nc2cc(F)c(-c3ccc(OCCCN(C)C)nc3)cc2c2[nH]c(=O)n(C)c12. The molecule has 4 rings (SSSR count). The van der Waals surface area contributed by atoms with Gasteiger partial charge in [-0.25, -0.2) is 14.2 Å². The van der Waals surface area contributed by atoms with Crippen LogP contribution >= 0.6 is 0 Å². The van der Waals surface area contributed by atoms with Gasteiger partial charge in [-0.05, 0) is 38.6 Å². The van der Waals surface area contributed by atoms with E-state index in [0.29, 0.717) is 40.0 Å². The summed E-state index contributed by atoms with van der Waals surface area (Å²) in [5.74, 6) is 0.200. The fourth-order valence-electron chi connectivity index (χ4n) is 3.86. The minimum atomic E-state index is -0.390. The molecule has 3 aromatic heterocycles. The molecule has 7 nitrogen and oxygen atoms in total. The molecule has 0 aliphatic heterocycles. The third-order valence-corrected chi connectivity index (χ3v) is 5.54. The van der Waals surface area contributed by atoms with E-state index in [1.807, 2.05) is 27.9 Å². The van der Waals surface area contributed by atoms with Crippen molar-refractivity contribution in [1.29, 1.82) is 0 Å². The Morgan fingerprint density at radius 3 is 2.69 bits per heavy atom. The van der Waals surface area contributed by atoms with E-state index >= 15 is 4.39 Å². The highest BCUT2D eigenvalue weighted by Gasteiger charge is 2.19. The number of halogens is 1. The monoisotopic (exact) mass is 437 g/mol. The molecule has 1 N–H and O–H groups in total. The van der Waals surface area contributed by atoms with Gasteiger partial charge in [-0.1, -0.05) is 13.8 Å². The highest BCUT2D eigenvalue weighted by atomic mass is 19.1. The van der Waals surface area contributed by atoms with Crippen molar-refractivity contribution in [3.63, 3.8) is 0 Å². The number of hydrogen-bond acceptors (Lipinski definition) is 5. The standard InChI is InChI=1S/C24H28FN5O2/c1-14(2)21-23-22(28-24(31)30(23)5)17-11-16(18(25)12-19(17)27-21)15-7-8-20(26-13-15)32-10-6-9-29(3)4/h7-8,11-14H,6,9-10H2,1-5H3,(H,28,31). The van der Waals surface area contributed by atoms with E-state index in [-0.39, 0.29) is 11.6 Å². The van der Waals surface area contributed by atoms with Gasteiger partial charge < -0.3 is 14.6 Å². The molecule has 0 fully saturated rings. The van der Waals surface area contributed by atoms with Crippen LogP contribution in [0.5, 0.6) is 5.88 Å². The second kappa shape index (κ2) is 8.70. The topological polar surface area (TPSA) is 76.0 Å². The van der Waals surface area contributed by atoms with Crippen molar-refractivity contribution in [2.75, 3.05) is 27.2 Å². The van der Waals surface area contributed by atoms with E-state index in [2.05, 4.69) is 19.9 Å². The molecule has 168 valence electrons. The van der Waals surface area contributed by atoms with Gasteiger partial charge in [0.2, 0.25) is 5.88 Å². The average molecular weight is 438 g/mol. The molecule has 4 aromatic rings. The molecule has 0 amide bonds. The number of rotatable bonds is 7. The number of nitrogens with one attached hydrogen (secondary N) is 1. The van der Waals surface area contributed by atoms with Gasteiger partial charge >= 0.3 is 5.69 Å². The lowest BCUT2D eigenvalue weighted by molar-refractivity contribution is 0.273. The molecule has 32 heavy (non-hydrogen) atoms. The Hall–Kier alpha value is -3.26. The summed E-state index contributed by atoms with van der Waals surface area (Å²) in [6.45, 7) is 5.51. The zero-order valence-corrected chi connectivity index (χ0v) is 19.1. The lowest BCUT2D eigenvalue weighted by Crippen LogP contribution is -2.15. The van der Waals surface area contributed by atoms with E-state index in [1.165, 1.54) is 6.07 Å². The molecule has 0 aliphatic rings. The maximum Gasteiger partial charge on any atom is 0.326 e. The molecule has 0 aliphatic carbocycles. The zero-order valence-electron chi connectivity index (χ0n) is 19.1. The number of fused-ring (bicyclic) bond motifs is 3. The molecule has 0 unspecified atom stereocenters. The quantitative estimate of drug-likeness (QED) is 0.441. The number of imidazole rings is 1. The van der Waals surface area contributed by atoms with Crippen LogP contribution in [0, 0.1) is 5.82 Å². The van der Waals surface area contributed by atoms with E-state index in [0.717, 1.165) is 24.2 Å². The van der Waals surface area contributed by atoms with E-state index in [4.69, 9.17) is 4.74 Å². The first-order chi connectivity index (χ1) is 15.3. The molecule has 0 radical (unpaired) electrons. The van der Waals surface area contributed by atoms with Crippen LogP contribution in [0.1, 0.15) is 31.9 Å². The van der Waals surface area contributed by atoms with Crippen LogP contribution in [0.4, 0.5) is 4.39 Å². The summed E-state index contributed by atoms with van der Waals surface area (Å²) in [6.07, 6.45) is 2.50. The number of pyridine rings is 2. The molecule has 3 heterocycles. The normalized spacial score (nSPS) is 11.9. The minimum absolute atomic E-state index is 0.0838. The molecule has 0 saturated heterocycles. The smallest absolute Gasteiger partial charge is 0.326 e. The molecule has 1 aromatic carbocycles. The Kier molecular flexibility index (Phi) is 5.97. The van der Waals surface area contributed by atoms with Crippen molar-refractivity contribution in [2.45, 2.75) is 26.2 Å². The Bertz CT molecular complexity index is 1320. The molecular formula is C24H28FN5O2. The van der Waals surface area contributed by atoms with Crippen LogP contribution < -0.4 is 10.4 Å². The van der Waals surface area contributed by atoms with Gasteiger partial charge in [0.25, 0.3) is 0 Å². The van der Waals surface area contributed by atoms with Crippen molar-refractivity contribution in [2.24, 2.45) is 7.05 Å². The second-order valence-corrected chi connectivity index (χ2v) is 8.60. The van der Waals surface area contributed by atoms with E-state index in [1.54, 1.807) is 36.0 Å². The fraction of sp³-hybridized carbons (Fsp3) is 0.375. The summed E-state index contributed by atoms with van der Waals surface area (Å²) in [7, 11) is 5.75. The van der Waals surface area contributed by atoms with Crippen LogP contribution in [-0.2, 0) is 7.05 Å². The van der Waals surface area contributed by atoms with Gasteiger partial charge in [0.05, 0.1) is 28.9 Å². The van der Waals surface area contributed by atoms with Crippen LogP contribution in [0.15, 0.2) is 35.3 Å². The fourth-order valence-corrected chi connectivity index (χ4v) is 3.86. The van der Waals surface area contributed by atoms with Crippen molar-refractivity contribution >= 4 is 21.9 Å². The first-order valence-electron chi connectivity index (χ1n) is 10.7. The average Bonchev–Trinajstić information content (AvgIpc) is 3.05. The molecular weight excluding hydrogens is 409 g/mol. The highest BCUT2D eigenvalue weighted by Crippen LogP contribution is 2.33. The summed E-state index contributed by atoms with van der Waals surface area (Å²) < 4.78 is 22.3. The van der Waals surface area contributed by atoms with Crippen molar-refractivity contribution in [3.8, 4) is 17.0 Å². The van der Waals surface area contributed by atoms with Crippen LogP contribution in [0.25, 0.3) is 33.1 Å². The molecule has 0 spiro atoms. The van der Waals surface area contributed by atoms with Gasteiger partial charge in [0.1, 0.15) is 5.82 Å². The van der Waals surface area contributed by atoms with E-state index < -0.39 is 5.82 Å². The zero-order chi connectivity index (χ0) is 23.0. The number of ether oxygens (including phenoxy) is 1. The van der Waals surface area contributed by atoms with Crippen molar-refractivity contribution in [1.82, 2.24) is 24.4 Å². The van der Waals surface area contributed by atoms with Crippen LogP contribution in [0.3, 0.4) is 0 Å². The van der Waals surface area contributed by atoms with Gasteiger partial charge in [0.15, 0.2) is 0 Å². The molecule has 0 bridgehead atoms. The van der Waals surface area contributed by atoms with Gasteiger partial charge in [0, 0.05) is 48.4 Å². The first-order valence-corrected chi connectivity index (χ1v) is 10.7. The lowest BCUT2D eigenvalue weighted by atomic mass is 10.0. The number of nitrogens with zero attached hydrogens (tertiary/aromatic N) is 4. The van der Waals surface area contributed by atoms with Crippen molar-refractivity contribution in [3.05, 3.63) is 52.5 Å². The maximum atomic E-state index is 15.1. The third-order valence-electron chi connectivity index (χ3n) is 5.54. The predicted octanol–water partition coefficient (Wildman–Crippen LogP) is 4.07. The molecule has 8 heteroatoms. The Morgan fingerprint density at radius 1 is 1.25 bits per heavy atom. The van der Waals surface area contributed by atoms with Crippen molar-refractivity contribution < 1.29 is 9.13 Å². The molecule has 0 saturated carbocycles. The molecule has 0 atom stereocenters. The minimum Gasteiger partial charge on any atom is -0.478 e. The Balaban J connectivity index is 1.73.